The molecule has 3 aromatic rings. The number of fused-ring (bicyclic) bond motifs is 2. The maximum atomic E-state index is 12.2. The van der Waals surface area contributed by atoms with Gasteiger partial charge in [-0.25, -0.2) is 4.79 Å². The van der Waals surface area contributed by atoms with Crippen LogP contribution in [0.2, 0.25) is 0 Å². The quantitative estimate of drug-likeness (QED) is 0.659. The monoisotopic (exact) mass is 241 g/mol. The topological polar surface area (TPSA) is 80.4 Å². The predicted octanol–water partition coefficient (Wildman–Crippen LogP) is 2.04. The lowest BCUT2D eigenvalue weighted by Crippen LogP contribution is -2.04. The van der Waals surface area contributed by atoms with Crippen LogP contribution in [0.4, 0.5) is 0 Å². The number of aromatic nitrogens is 1. The third kappa shape index (κ3) is 1.45. The van der Waals surface area contributed by atoms with Crippen molar-refractivity contribution in [3.8, 4) is 0 Å². The average Bonchev–Trinajstić information content (AvgIpc) is 2.38. The van der Waals surface area contributed by atoms with Gasteiger partial charge in [0.25, 0.3) is 0 Å². The van der Waals surface area contributed by atoms with Gasteiger partial charge in [-0.15, -0.1) is 0 Å². The third-order valence-electron chi connectivity index (χ3n) is 2.72. The molecule has 2 aromatic heterocycles. The Morgan fingerprint density at radius 3 is 2.78 bits per heavy atom. The van der Waals surface area contributed by atoms with E-state index < -0.39 is 5.97 Å². The summed E-state index contributed by atoms with van der Waals surface area (Å²) in [5.41, 5.74) is 0.545. The number of rotatable bonds is 1. The molecule has 0 atom stereocenters. The van der Waals surface area contributed by atoms with Crippen molar-refractivity contribution in [2.24, 2.45) is 0 Å². The number of carbonyl (C=O) groups is 1. The maximum Gasteiger partial charge on any atom is 0.335 e. The summed E-state index contributed by atoms with van der Waals surface area (Å²) in [6.45, 7) is 0. The highest BCUT2D eigenvalue weighted by Gasteiger charge is 2.10. The Labute approximate surface area is 100 Å². The molecule has 88 valence electrons. The van der Waals surface area contributed by atoms with E-state index >= 15 is 0 Å². The van der Waals surface area contributed by atoms with Gasteiger partial charge >= 0.3 is 5.97 Å². The van der Waals surface area contributed by atoms with Crippen molar-refractivity contribution in [3.63, 3.8) is 0 Å². The number of hydrogen-bond acceptors (Lipinski definition) is 4. The Morgan fingerprint density at radius 1 is 1.17 bits per heavy atom. The third-order valence-corrected chi connectivity index (χ3v) is 2.72. The zero-order valence-corrected chi connectivity index (χ0v) is 9.08. The summed E-state index contributed by atoms with van der Waals surface area (Å²) in [5, 5.41) is 9.55. The molecule has 0 saturated carbocycles. The van der Waals surface area contributed by atoms with Crippen molar-refractivity contribution in [1.82, 2.24) is 4.98 Å². The van der Waals surface area contributed by atoms with Crippen molar-refractivity contribution in [1.29, 1.82) is 0 Å². The highest BCUT2D eigenvalue weighted by atomic mass is 16.4. The lowest BCUT2D eigenvalue weighted by Gasteiger charge is -2.01. The Kier molecular flexibility index (Phi) is 2.13. The fourth-order valence-corrected chi connectivity index (χ4v) is 1.84. The van der Waals surface area contributed by atoms with Gasteiger partial charge in [0.05, 0.1) is 22.5 Å². The van der Waals surface area contributed by atoms with Gasteiger partial charge < -0.3 is 9.52 Å². The van der Waals surface area contributed by atoms with Crippen LogP contribution in [0.1, 0.15) is 10.4 Å². The van der Waals surface area contributed by atoms with E-state index in [4.69, 9.17) is 9.52 Å². The van der Waals surface area contributed by atoms with E-state index in [1.165, 1.54) is 30.6 Å². The van der Waals surface area contributed by atoms with E-state index in [0.29, 0.717) is 16.6 Å². The molecule has 2 heterocycles. The van der Waals surface area contributed by atoms with Gasteiger partial charge in [0.2, 0.25) is 5.43 Å². The minimum absolute atomic E-state index is 0.0585. The zero-order chi connectivity index (χ0) is 12.7. The molecule has 0 spiro atoms. The van der Waals surface area contributed by atoms with Gasteiger partial charge in [-0.2, -0.15) is 0 Å². The molecule has 5 heteroatoms. The van der Waals surface area contributed by atoms with E-state index in [9.17, 15) is 9.59 Å². The summed E-state index contributed by atoms with van der Waals surface area (Å²) in [5.74, 6) is -1.08. The molecule has 3 rings (SSSR count). The first-order chi connectivity index (χ1) is 8.66. The van der Waals surface area contributed by atoms with Gasteiger partial charge in [-0.3, -0.25) is 9.78 Å². The number of carboxylic acids is 1. The number of benzene rings is 1. The molecule has 0 aliphatic heterocycles. The van der Waals surface area contributed by atoms with E-state index in [2.05, 4.69) is 4.98 Å². The normalized spacial score (nSPS) is 10.9. The molecule has 1 N–H and O–H groups in total. The fraction of sp³-hybridized carbons (Fsp3) is 0. The second-order valence-electron chi connectivity index (χ2n) is 3.82. The van der Waals surface area contributed by atoms with E-state index in [1.807, 2.05) is 0 Å². The van der Waals surface area contributed by atoms with E-state index in [1.54, 1.807) is 6.07 Å². The summed E-state index contributed by atoms with van der Waals surface area (Å²) in [4.78, 5) is 26.9. The summed E-state index contributed by atoms with van der Waals surface area (Å²) < 4.78 is 5.51. The van der Waals surface area contributed by atoms with Gasteiger partial charge in [0.1, 0.15) is 5.58 Å². The van der Waals surface area contributed by atoms with Crippen molar-refractivity contribution >= 4 is 27.9 Å². The van der Waals surface area contributed by atoms with Crippen LogP contribution in [0.25, 0.3) is 21.9 Å². The van der Waals surface area contributed by atoms with Gasteiger partial charge in [0, 0.05) is 6.20 Å². The van der Waals surface area contributed by atoms with Crippen LogP contribution in [0.5, 0.6) is 0 Å². The molecule has 0 aliphatic carbocycles. The second-order valence-corrected chi connectivity index (χ2v) is 3.82. The highest BCUT2D eigenvalue weighted by molar-refractivity contribution is 5.95. The predicted molar refractivity (Wildman–Crippen MR) is 64.7 cm³/mol. The highest BCUT2D eigenvalue weighted by Crippen LogP contribution is 2.18. The molecule has 0 bridgehead atoms. The Balaban J connectivity index is 2.49. The molecule has 0 unspecified atom stereocenters. The number of nitrogens with zero attached hydrogens (tertiary/aromatic N) is 1. The van der Waals surface area contributed by atoms with Crippen molar-refractivity contribution < 1.29 is 14.3 Å². The smallest absolute Gasteiger partial charge is 0.335 e. The summed E-state index contributed by atoms with van der Waals surface area (Å²) >= 11 is 0. The molecule has 0 saturated heterocycles. The molecule has 1 aromatic carbocycles. The lowest BCUT2D eigenvalue weighted by molar-refractivity contribution is 0.0697. The van der Waals surface area contributed by atoms with Crippen LogP contribution in [-0.4, -0.2) is 16.1 Å². The van der Waals surface area contributed by atoms with Gasteiger partial charge in [0.15, 0.2) is 5.58 Å². The number of aromatic carboxylic acids is 1. The summed E-state index contributed by atoms with van der Waals surface area (Å²) in [6, 6.07) is 5.75. The van der Waals surface area contributed by atoms with Crippen LogP contribution in [0.3, 0.4) is 0 Å². The SMILES string of the molecule is O=C(O)c1ccc2oc3cnccc3c(=O)c2c1. The number of pyridine rings is 1. The number of carboxylic acid groups (broad SMARTS) is 1. The largest absolute Gasteiger partial charge is 0.478 e. The zero-order valence-electron chi connectivity index (χ0n) is 9.08. The van der Waals surface area contributed by atoms with Crippen molar-refractivity contribution in [2.45, 2.75) is 0 Å². The van der Waals surface area contributed by atoms with Gasteiger partial charge in [-0.1, -0.05) is 0 Å². The van der Waals surface area contributed by atoms with Crippen molar-refractivity contribution in [2.75, 3.05) is 0 Å². The molecule has 0 fully saturated rings. The van der Waals surface area contributed by atoms with E-state index in [0.717, 1.165) is 0 Å². The first kappa shape index (κ1) is 10.5. The minimum Gasteiger partial charge on any atom is -0.478 e. The molecular weight excluding hydrogens is 234 g/mol. The lowest BCUT2D eigenvalue weighted by atomic mass is 10.1. The Morgan fingerprint density at radius 2 is 2.00 bits per heavy atom. The molecular formula is C13H7NO4. The van der Waals surface area contributed by atoms with E-state index in [-0.39, 0.29) is 16.4 Å². The molecule has 0 aliphatic rings. The fourth-order valence-electron chi connectivity index (χ4n) is 1.84. The summed E-state index contributed by atoms with van der Waals surface area (Å²) in [6.07, 6.45) is 2.95. The standard InChI is InChI=1S/C13H7NO4/c15-12-8-3-4-14-6-11(8)18-10-2-1-7(13(16)17)5-9(10)12/h1-6H,(H,16,17). The first-order valence-corrected chi connectivity index (χ1v) is 5.21. The molecule has 0 amide bonds. The Hall–Kier alpha value is -2.69. The minimum atomic E-state index is -1.08. The summed E-state index contributed by atoms with van der Waals surface area (Å²) in [7, 11) is 0. The van der Waals surface area contributed by atoms with Crippen molar-refractivity contribution in [3.05, 3.63) is 52.4 Å². The maximum absolute atomic E-state index is 12.2. The van der Waals surface area contributed by atoms with Crippen LogP contribution < -0.4 is 5.43 Å². The average molecular weight is 241 g/mol. The molecule has 18 heavy (non-hydrogen) atoms. The van der Waals surface area contributed by atoms with Crippen LogP contribution in [0.15, 0.2) is 45.9 Å². The number of hydrogen-bond donors (Lipinski definition) is 1. The molecule has 5 nitrogen and oxygen atoms in total. The second kappa shape index (κ2) is 3.66. The molecule has 0 radical (unpaired) electrons. The van der Waals surface area contributed by atoms with Crippen LogP contribution >= 0.6 is 0 Å². The Bertz CT molecular complexity index is 835. The first-order valence-electron chi connectivity index (χ1n) is 5.21. The van der Waals surface area contributed by atoms with Crippen LogP contribution in [0, 0.1) is 0 Å². The van der Waals surface area contributed by atoms with Crippen LogP contribution in [-0.2, 0) is 0 Å². The van der Waals surface area contributed by atoms with Gasteiger partial charge in [-0.05, 0) is 24.3 Å².